The lowest BCUT2D eigenvalue weighted by atomic mass is 10.4. The van der Waals surface area contributed by atoms with Crippen LogP contribution in [0.15, 0.2) is 23.1 Å². The maximum Gasteiger partial charge on any atom is 0.294 e. The second kappa shape index (κ2) is 3.10. The molecule has 14 heavy (non-hydrogen) atoms. The van der Waals surface area contributed by atoms with E-state index in [0.717, 1.165) is 0 Å². The number of anilines is 1. The van der Waals surface area contributed by atoms with Gasteiger partial charge >= 0.3 is 0 Å². The van der Waals surface area contributed by atoms with Crippen LogP contribution in [0.4, 0.5) is 5.82 Å². The standard InChI is InChI=1S/C9H10N4O/c1-2-13-8-6(4-3-5-11-8)12-7(10)9(13)14/h3-5H,2H2,1H3,(H2,10,12). The first-order chi connectivity index (χ1) is 6.74. The highest BCUT2D eigenvalue weighted by Gasteiger charge is 2.06. The average Bonchev–Trinajstić information content (AvgIpc) is 2.20. The van der Waals surface area contributed by atoms with Gasteiger partial charge in [0.05, 0.1) is 0 Å². The van der Waals surface area contributed by atoms with Crippen molar-refractivity contribution < 1.29 is 0 Å². The summed E-state index contributed by atoms with van der Waals surface area (Å²) in [7, 11) is 0. The number of nitrogen functional groups attached to an aromatic ring is 1. The average molecular weight is 190 g/mol. The second-order valence-electron chi connectivity index (χ2n) is 2.89. The molecule has 0 spiro atoms. The summed E-state index contributed by atoms with van der Waals surface area (Å²) in [5.41, 5.74) is 6.43. The van der Waals surface area contributed by atoms with Crippen molar-refractivity contribution >= 4 is 17.0 Å². The number of pyridine rings is 1. The molecule has 0 aliphatic carbocycles. The summed E-state index contributed by atoms with van der Waals surface area (Å²) in [5, 5.41) is 0. The lowest BCUT2D eigenvalue weighted by Crippen LogP contribution is -2.24. The molecule has 0 aromatic carbocycles. The molecule has 2 aromatic rings. The predicted molar refractivity (Wildman–Crippen MR) is 53.9 cm³/mol. The summed E-state index contributed by atoms with van der Waals surface area (Å²) in [5.74, 6) is 0.0207. The minimum absolute atomic E-state index is 0.0207. The number of aryl methyl sites for hydroxylation is 1. The van der Waals surface area contributed by atoms with E-state index in [4.69, 9.17) is 5.73 Å². The Bertz CT molecular complexity index is 532. The maximum atomic E-state index is 11.5. The van der Waals surface area contributed by atoms with Crippen molar-refractivity contribution in [3.63, 3.8) is 0 Å². The summed E-state index contributed by atoms with van der Waals surface area (Å²) < 4.78 is 1.51. The molecule has 0 saturated carbocycles. The molecule has 0 atom stereocenters. The quantitative estimate of drug-likeness (QED) is 0.706. The Labute approximate surface area is 80.2 Å². The Kier molecular flexibility index (Phi) is 1.92. The number of fused-ring (bicyclic) bond motifs is 1. The maximum absolute atomic E-state index is 11.5. The van der Waals surface area contributed by atoms with Crippen LogP contribution in [0.1, 0.15) is 6.92 Å². The number of nitrogens with two attached hydrogens (primary N) is 1. The van der Waals surface area contributed by atoms with E-state index in [9.17, 15) is 4.79 Å². The third-order valence-corrected chi connectivity index (χ3v) is 2.04. The van der Waals surface area contributed by atoms with Gasteiger partial charge in [-0.05, 0) is 19.1 Å². The molecule has 0 fully saturated rings. The molecule has 0 unspecified atom stereocenters. The van der Waals surface area contributed by atoms with Crippen molar-refractivity contribution in [2.45, 2.75) is 13.5 Å². The summed E-state index contributed by atoms with van der Waals surface area (Å²) >= 11 is 0. The van der Waals surface area contributed by atoms with Gasteiger partial charge in [-0.1, -0.05) is 0 Å². The van der Waals surface area contributed by atoms with E-state index >= 15 is 0 Å². The monoisotopic (exact) mass is 190 g/mol. The summed E-state index contributed by atoms with van der Waals surface area (Å²) in [6.45, 7) is 2.41. The fourth-order valence-electron chi connectivity index (χ4n) is 1.39. The summed E-state index contributed by atoms with van der Waals surface area (Å²) in [6.07, 6.45) is 1.63. The molecule has 5 heteroatoms. The number of aromatic nitrogens is 3. The lowest BCUT2D eigenvalue weighted by molar-refractivity contribution is 0.746. The van der Waals surface area contributed by atoms with Gasteiger partial charge in [0, 0.05) is 12.7 Å². The van der Waals surface area contributed by atoms with Crippen LogP contribution in [0.2, 0.25) is 0 Å². The van der Waals surface area contributed by atoms with Crippen LogP contribution in [0.25, 0.3) is 11.2 Å². The van der Waals surface area contributed by atoms with Gasteiger partial charge in [-0.3, -0.25) is 9.36 Å². The molecule has 72 valence electrons. The van der Waals surface area contributed by atoms with Crippen molar-refractivity contribution in [3.8, 4) is 0 Å². The molecule has 0 bridgehead atoms. The van der Waals surface area contributed by atoms with Gasteiger partial charge in [-0.25, -0.2) is 9.97 Å². The molecule has 0 saturated heterocycles. The van der Waals surface area contributed by atoms with E-state index in [1.807, 2.05) is 6.92 Å². The van der Waals surface area contributed by atoms with E-state index in [1.165, 1.54) is 4.57 Å². The van der Waals surface area contributed by atoms with E-state index in [-0.39, 0.29) is 11.4 Å². The van der Waals surface area contributed by atoms with Gasteiger partial charge in [-0.15, -0.1) is 0 Å². The zero-order valence-corrected chi connectivity index (χ0v) is 7.77. The van der Waals surface area contributed by atoms with E-state index in [1.54, 1.807) is 18.3 Å². The molecule has 0 aliphatic rings. The molecule has 5 nitrogen and oxygen atoms in total. The van der Waals surface area contributed by atoms with Crippen LogP contribution in [0, 0.1) is 0 Å². The van der Waals surface area contributed by atoms with Gasteiger partial charge in [0.2, 0.25) is 0 Å². The molecule has 2 rings (SSSR count). The van der Waals surface area contributed by atoms with Crippen LogP contribution in [0.5, 0.6) is 0 Å². The Hall–Kier alpha value is -1.91. The second-order valence-corrected chi connectivity index (χ2v) is 2.89. The molecular formula is C9H10N4O. The Morgan fingerprint density at radius 3 is 3.07 bits per heavy atom. The summed E-state index contributed by atoms with van der Waals surface area (Å²) in [6, 6.07) is 3.55. The Morgan fingerprint density at radius 1 is 1.57 bits per heavy atom. The molecule has 2 N–H and O–H groups in total. The largest absolute Gasteiger partial charge is 0.379 e. The highest BCUT2D eigenvalue weighted by Crippen LogP contribution is 2.06. The molecule has 0 radical (unpaired) electrons. The SMILES string of the molecule is CCn1c(=O)c(N)nc2cccnc21. The number of nitrogens with zero attached hydrogens (tertiary/aromatic N) is 3. The molecular weight excluding hydrogens is 180 g/mol. The fraction of sp³-hybridized carbons (Fsp3) is 0.222. The van der Waals surface area contributed by atoms with Crippen molar-refractivity contribution in [2.24, 2.45) is 0 Å². The Morgan fingerprint density at radius 2 is 2.36 bits per heavy atom. The smallest absolute Gasteiger partial charge is 0.294 e. The highest BCUT2D eigenvalue weighted by atomic mass is 16.1. The predicted octanol–water partition coefficient (Wildman–Crippen LogP) is 0.394. The van der Waals surface area contributed by atoms with Crippen LogP contribution in [-0.2, 0) is 6.54 Å². The first kappa shape index (κ1) is 8.68. The van der Waals surface area contributed by atoms with E-state index in [0.29, 0.717) is 17.7 Å². The molecule has 0 amide bonds. The Balaban J connectivity index is 2.96. The topological polar surface area (TPSA) is 73.8 Å². The first-order valence-electron chi connectivity index (χ1n) is 4.35. The number of hydrogen-bond acceptors (Lipinski definition) is 4. The molecule has 2 heterocycles. The zero-order valence-electron chi connectivity index (χ0n) is 7.77. The van der Waals surface area contributed by atoms with Crippen LogP contribution < -0.4 is 11.3 Å². The van der Waals surface area contributed by atoms with Crippen molar-refractivity contribution in [3.05, 3.63) is 28.7 Å². The van der Waals surface area contributed by atoms with Crippen LogP contribution in [-0.4, -0.2) is 14.5 Å². The van der Waals surface area contributed by atoms with Crippen LogP contribution in [0.3, 0.4) is 0 Å². The minimum Gasteiger partial charge on any atom is -0.379 e. The van der Waals surface area contributed by atoms with Gasteiger partial charge in [0.1, 0.15) is 5.52 Å². The zero-order chi connectivity index (χ0) is 10.1. The third-order valence-electron chi connectivity index (χ3n) is 2.04. The van der Waals surface area contributed by atoms with Crippen LogP contribution >= 0.6 is 0 Å². The van der Waals surface area contributed by atoms with Crippen molar-refractivity contribution in [1.82, 2.24) is 14.5 Å². The van der Waals surface area contributed by atoms with Gasteiger partial charge in [0.25, 0.3) is 5.56 Å². The first-order valence-corrected chi connectivity index (χ1v) is 4.35. The van der Waals surface area contributed by atoms with Gasteiger partial charge in [-0.2, -0.15) is 0 Å². The van der Waals surface area contributed by atoms with Crippen molar-refractivity contribution in [1.29, 1.82) is 0 Å². The van der Waals surface area contributed by atoms with Gasteiger partial charge < -0.3 is 5.73 Å². The normalized spacial score (nSPS) is 10.6. The van der Waals surface area contributed by atoms with E-state index < -0.39 is 0 Å². The van der Waals surface area contributed by atoms with Gasteiger partial charge in [0.15, 0.2) is 11.5 Å². The minimum atomic E-state index is -0.279. The number of rotatable bonds is 1. The van der Waals surface area contributed by atoms with Crippen molar-refractivity contribution in [2.75, 3.05) is 5.73 Å². The lowest BCUT2D eigenvalue weighted by Gasteiger charge is -2.06. The highest BCUT2D eigenvalue weighted by molar-refractivity contribution is 5.71. The third kappa shape index (κ3) is 1.14. The fourth-order valence-corrected chi connectivity index (χ4v) is 1.39. The molecule has 2 aromatic heterocycles. The number of hydrogen-bond donors (Lipinski definition) is 1. The molecule has 0 aliphatic heterocycles. The summed E-state index contributed by atoms with van der Waals surface area (Å²) in [4.78, 5) is 19.6. The van der Waals surface area contributed by atoms with E-state index in [2.05, 4.69) is 9.97 Å².